The number of rotatable bonds is 1. The maximum Gasteiger partial charge on any atom is 0.140 e. The van der Waals surface area contributed by atoms with Crippen molar-refractivity contribution >= 4 is 33.8 Å². The topological polar surface area (TPSA) is 25.8 Å². The van der Waals surface area contributed by atoms with Gasteiger partial charge in [0.15, 0.2) is 0 Å². The minimum atomic E-state index is 0.535. The van der Waals surface area contributed by atoms with Gasteiger partial charge in [-0.1, -0.05) is 29.8 Å². The zero-order valence-corrected chi connectivity index (χ0v) is 9.79. The van der Waals surface area contributed by atoms with Crippen LogP contribution in [0.1, 0.15) is 0 Å². The Morgan fingerprint density at radius 2 is 2.06 bits per heavy atom. The van der Waals surface area contributed by atoms with E-state index in [-0.39, 0.29) is 0 Å². The molecule has 0 fully saturated rings. The molecule has 2 heterocycles. The van der Waals surface area contributed by atoms with E-state index in [0.29, 0.717) is 5.15 Å². The molecule has 78 valence electrons. The summed E-state index contributed by atoms with van der Waals surface area (Å²) in [6.07, 6.45) is 1.83. The summed E-state index contributed by atoms with van der Waals surface area (Å²) in [6, 6.07) is 10.1. The Bertz CT molecular complexity index is 648. The van der Waals surface area contributed by atoms with E-state index < -0.39 is 0 Å². The molecular formula is C12H7ClN2S. The van der Waals surface area contributed by atoms with Crippen molar-refractivity contribution in [3.05, 3.63) is 47.1 Å². The maximum atomic E-state index is 5.81. The number of pyridine rings is 1. The predicted octanol–water partition coefficient (Wildman–Crippen LogP) is 4.01. The van der Waals surface area contributed by atoms with Crippen molar-refractivity contribution in [1.82, 2.24) is 9.97 Å². The van der Waals surface area contributed by atoms with E-state index in [1.165, 1.54) is 11.3 Å². The van der Waals surface area contributed by atoms with Gasteiger partial charge in [-0.2, -0.15) is 0 Å². The summed E-state index contributed by atoms with van der Waals surface area (Å²) in [7, 11) is 0. The maximum absolute atomic E-state index is 5.81. The van der Waals surface area contributed by atoms with Crippen LogP contribution in [0, 0.1) is 0 Å². The van der Waals surface area contributed by atoms with Crippen molar-refractivity contribution in [3.63, 3.8) is 0 Å². The van der Waals surface area contributed by atoms with Crippen LogP contribution in [0.25, 0.3) is 21.5 Å². The first-order chi connectivity index (χ1) is 7.83. The smallest absolute Gasteiger partial charge is 0.140 e. The number of benzene rings is 1. The first-order valence-electron chi connectivity index (χ1n) is 4.79. The highest BCUT2D eigenvalue weighted by Crippen LogP contribution is 2.27. The summed E-state index contributed by atoms with van der Waals surface area (Å²) >= 11 is 7.34. The van der Waals surface area contributed by atoms with Gasteiger partial charge in [-0.25, -0.2) is 4.98 Å². The van der Waals surface area contributed by atoms with Gasteiger partial charge in [0.1, 0.15) is 10.2 Å². The number of fused-ring (bicyclic) bond motifs is 1. The minimum absolute atomic E-state index is 0.535. The first kappa shape index (κ1) is 9.75. The van der Waals surface area contributed by atoms with E-state index in [2.05, 4.69) is 16.0 Å². The lowest BCUT2D eigenvalue weighted by Crippen LogP contribution is -1.81. The normalized spacial score (nSPS) is 10.8. The Morgan fingerprint density at radius 3 is 2.88 bits per heavy atom. The molecule has 0 aliphatic carbocycles. The van der Waals surface area contributed by atoms with Crippen molar-refractivity contribution in [2.45, 2.75) is 0 Å². The second-order valence-corrected chi connectivity index (χ2v) is 4.64. The number of hydrogen-bond acceptors (Lipinski definition) is 3. The molecule has 0 radical (unpaired) electrons. The molecule has 0 N–H and O–H groups in total. The van der Waals surface area contributed by atoms with Crippen LogP contribution < -0.4 is 0 Å². The Labute approximate surface area is 102 Å². The predicted molar refractivity (Wildman–Crippen MR) is 67.9 cm³/mol. The van der Waals surface area contributed by atoms with Crippen LogP contribution in [0.15, 0.2) is 41.9 Å². The molecule has 2 aromatic heterocycles. The lowest BCUT2D eigenvalue weighted by atomic mass is 10.2. The minimum Gasteiger partial charge on any atom is -0.256 e. The molecule has 0 saturated carbocycles. The van der Waals surface area contributed by atoms with E-state index in [1.54, 1.807) is 0 Å². The van der Waals surface area contributed by atoms with Crippen LogP contribution in [0.3, 0.4) is 0 Å². The molecule has 3 aromatic rings. The number of hydrogen-bond donors (Lipinski definition) is 0. The molecule has 0 atom stereocenters. The molecule has 1 aromatic carbocycles. The van der Waals surface area contributed by atoms with Crippen LogP contribution in [0.5, 0.6) is 0 Å². The van der Waals surface area contributed by atoms with Crippen molar-refractivity contribution in [3.8, 4) is 10.6 Å². The Hall–Kier alpha value is -1.45. The molecule has 0 unspecified atom stereocenters. The second kappa shape index (κ2) is 3.85. The van der Waals surface area contributed by atoms with Crippen molar-refractivity contribution in [1.29, 1.82) is 0 Å². The largest absolute Gasteiger partial charge is 0.256 e. The van der Waals surface area contributed by atoms with E-state index in [1.807, 2.05) is 35.8 Å². The molecule has 0 saturated heterocycles. The fraction of sp³-hybridized carbons (Fsp3) is 0. The van der Waals surface area contributed by atoms with Gasteiger partial charge in [0, 0.05) is 22.5 Å². The quantitative estimate of drug-likeness (QED) is 0.648. The molecule has 2 nitrogen and oxygen atoms in total. The summed E-state index contributed by atoms with van der Waals surface area (Å²) in [5, 5.41) is 4.38. The fourth-order valence-electron chi connectivity index (χ4n) is 1.57. The fourth-order valence-corrected chi connectivity index (χ4v) is 2.50. The van der Waals surface area contributed by atoms with Gasteiger partial charge in [-0.05, 0) is 12.1 Å². The average Bonchev–Trinajstić information content (AvgIpc) is 2.75. The van der Waals surface area contributed by atoms with Crippen LogP contribution in [0.2, 0.25) is 5.15 Å². The Morgan fingerprint density at radius 1 is 1.19 bits per heavy atom. The first-order valence-corrected chi connectivity index (χ1v) is 6.05. The third-order valence-corrected chi connectivity index (χ3v) is 3.53. The zero-order valence-electron chi connectivity index (χ0n) is 8.22. The van der Waals surface area contributed by atoms with Gasteiger partial charge >= 0.3 is 0 Å². The number of para-hydroxylation sites is 1. The van der Waals surface area contributed by atoms with Gasteiger partial charge < -0.3 is 0 Å². The van der Waals surface area contributed by atoms with Crippen LogP contribution in [-0.2, 0) is 0 Å². The van der Waals surface area contributed by atoms with E-state index in [9.17, 15) is 0 Å². The second-order valence-electron chi connectivity index (χ2n) is 3.39. The molecular weight excluding hydrogens is 240 g/mol. The summed E-state index contributed by atoms with van der Waals surface area (Å²) in [5.41, 5.74) is 2.00. The molecule has 0 aliphatic heterocycles. The van der Waals surface area contributed by atoms with Crippen molar-refractivity contribution in [2.24, 2.45) is 0 Å². The monoisotopic (exact) mass is 246 g/mol. The van der Waals surface area contributed by atoms with Crippen LogP contribution in [-0.4, -0.2) is 9.97 Å². The SMILES string of the molecule is Clc1csc(-c2cnc3ccccc3c2)n1. The molecule has 0 aliphatic rings. The summed E-state index contributed by atoms with van der Waals surface area (Å²) < 4.78 is 0. The summed E-state index contributed by atoms with van der Waals surface area (Å²) in [6.45, 7) is 0. The molecule has 4 heteroatoms. The zero-order chi connectivity index (χ0) is 11.0. The summed E-state index contributed by atoms with van der Waals surface area (Å²) in [4.78, 5) is 8.62. The van der Waals surface area contributed by atoms with Crippen LogP contribution >= 0.6 is 22.9 Å². The Kier molecular flexibility index (Phi) is 2.35. The van der Waals surface area contributed by atoms with Crippen LogP contribution in [0.4, 0.5) is 0 Å². The third-order valence-electron chi connectivity index (χ3n) is 2.31. The average molecular weight is 247 g/mol. The number of halogens is 1. The van der Waals surface area contributed by atoms with Gasteiger partial charge in [-0.15, -0.1) is 11.3 Å². The molecule has 0 bridgehead atoms. The molecule has 0 spiro atoms. The molecule has 3 rings (SSSR count). The van der Waals surface area contributed by atoms with E-state index >= 15 is 0 Å². The number of thiazole rings is 1. The van der Waals surface area contributed by atoms with Crippen molar-refractivity contribution in [2.75, 3.05) is 0 Å². The molecule has 16 heavy (non-hydrogen) atoms. The van der Waals surface area contributed by atoms with Gasteiger partial charge in [-0.3, -0.25) is 4.98 Å². The number of aromatic nitrogens is 2. The van der Waals surface area contributed by atoms with E-state index in [0.717, 1.165) is 21.5 Å². The Balaban J connectivity index is 2.18. The molecule has 0 amide bonds. The van der Waals surface area contributed by atoms with Gasteiger partial charge in [0.25, 0.3) is 0 Å². The summed E-state index contributed by atoms with van der Waals surface area (Å²) in [5.74, 6) is 0. The highest BCUT2D eigenvalue weighted by molar-refractivity contribution is 7.13. The van der Waals surface area contributed by atoms with Gasteiger partial charge in [0.05, 0.1) is 5.52 Å². The van der Waals surface area contributed by atoms with E-state index in [4.69, 9.17) is 11.6 Å². The standard InChI is InChI=1S/C12H7ClN2S/c13-11-7-16-12(15-11)9-5-8-3-1-2-4-10(8)14-6-9/h1-7H. The third kappa shape index (κ3) is 1.68. The highest BCUT2D eigenvalue weighted by Gasteiger charge is 2.04. The lowest BCUT2D eigenvalue weighted by molar-refractivity contribution is 1.37. The number of nitrogens with zero attached hydrogens (tertiary/aromatic N) is 2. The van der Waals surface area contributed by atoms with Gasteiger partial charge in [0.2, 0.25) is 0 Å². The van der Waals surface area contributed by atoms with Crippen molar-refractivity contribution < 1.29 is 0 Å². The highest BCUT2D eigenvalue weighted by atomic mass is 35.5. The lowest BCUT2D eigenvalue weighted by Gasteiger charge is -1.99.